The zero-order chi connectivity index (χ0) is 14.0. The van der Waals surface area contributed by atoms with E-state index in [0.717, 1.165) is 18.4 Å². The van der Waals surface area contributed by atoms with Crippen LogP contribution >= 0.6 is 0 Å². The predicted octanol–water partition coefficient (Wildman–Crippen LogP) is 0.974. The van der Waals surface area contributed by atoms with Gasteiger partial charge in [0.05, 0.1) is 0 Å². The molecule has 1 aromatic carbocycles. The Kier molecular flexibility index (Phi) is 3.74. The summed E-state index contributed by atoms with van der Waals surface area (Å²) >= 11 is 0. The SMILES string of the molecule is Cc1c(N)cccc1C(=O)NC(C)C(=O)NC1CC1. The van der Waals surface area contributed by atoms with Crippen molar-refractivity contribution in [2.45, 2.75) is 38.8 Å². The summed E-state index contributed by atoms with van der Waals surface area (Å²) in [5.41, 5.74) is 7.57. The van der Waals surface area contributed by atoms with Crippen molar-refractivity contribution in [1.82, 2.24) is 10.6 Å². The first-order valence-corrected chi connectivity index (χ1v) is 6.45. The van der Waals surface area contributed by atoms with E-state index in [9.17, 15) is 9.59 Å². The number of amides is 2. The van der Waals surface area contributed by atoms with Crippen molar-refractivity contribution < 1.29 is 9.59 Å². The maximum Gasteiger partial charge on any atom is 0.252 e. The van der Waals surface area contributed by atoms with E-state index in [2.05, 4.69) is 10.6 Å². The van der Waals surface area contributed by atoms with Crippen LogP contribution in [0, 0.1) is 6.92 Å². The second-order valence-electron chi connectivity index (χ2n) is 5.00. The summed E-state index contributed by atoms with van der Waals surface area (Å²) in [6.45, 7) is 3.47. The number of carbonyl (C=O) groups is 2. The molecule has 5 nitrogen and oxygen atoms in total. The third-order valence-corrected chi connectivity index (χ3v) is 3.28. The molecule has 4 N–H and O–H groups in total. The van der Waals surface area contributed by atoms with E-state index in [-0.39, 0.29) is 11.8 Å². The number of hydrogen-bond donors (Lipinski definition) is 3. The van der Waals surface area contributed by atoms with Crippen LogP contribution in [0.4, 0.5) is 5.69 Å². The third-order valence-electron chi connectivity index (χ3n) is 3.28. The molecule has 1 saturated carbocycles. The molecule has 1 aliphatic rings. The number of benzene rings is 1. The van der Waals surface area contributed by atoms with Crippen molar-refractivity contribution in [1.29, 1.82) is 0 Å². The van der Waals surface area contributed by atoms with Gasteiger partial charge in [-0.05, 0) is 44.4 Å². The third kappa shape index (κ3) is 3.24. The van der Waals surface area contributed by atoms with Gasteiger partial charge < -0.3 is 16.4 Å². The molecule has 1 unspecified atom stereocenters. The van der Waals surface area contributed by atoms with Gasteiger partial charge in [-0.3, -0.25) is 9.59 Å². The topological polar surface area (TPSA) is 84.2 Å². The molecule has 1 aliphatic carbocycles. The highest BCUT2D eigenvalue weighted by atomic mass is 16.2. The summed E-state index contributed by atoms with van der Waals surface area (Å²) in [5.74, 6) is -0.416. The number of anilines is 1. The molecule has 0 bridgehead atoms. The summed E-state index contributed by atoms with van der Waals surface area (Å²) in [4.78, 5) is 23.8. The number of hydrogen-bond acceptors (Lipinski definition) is 3. The van der Waals surface area contributed by atoms with Crippen LogP contribution in [0.1, 0.15) is 35.7 Å². The molecule has 1 fully saturated rings. The van der Waals surface area contributed by atoms with Crippen LogP contribution in [0.15, 0.2) is 18.2 Å². The molecule has 1 atom stereocenters. The smallest absolute Gasteiger partial charge is 0.252 e. The Balaban J connectivity index is 1.99. The normalized spacial score (nSPS) is 15.7. The first-order chi connectivity index (χ1) is 8.99. The molecular formula is C14H19N3O2. The fraction of sp³-hybridized carbons (Fsp3) is 0.429. The molecule has 0 radical (unpaired) electrons. The molecule has 19 heavy (non-hydrogen) atoms. The van der Waals surface area contributed by atoms with Gasteiger partial charge in [0.2, 0.25) is 5.91 Å². The van der Waals surface area contributed by atoms with Gasteiger partial charge in [0.1, 0.15) is 6.04 Å². The van der Waals surface area contributed by atoms with E-state index in [1.165, 1.54) is 0 Å². The summed E-state index contributed by atoms with van der Waals surface area (Å²) in [7, 11) is 0. The van der Waals surface area contributed by atoms with Crippen LogP contribution < -0.4 is 16.4 Å². The largest absolute Gasteiger partial charge is 0.398 e. The highest BCUT2D eigenvalue weighted by molar-refractivity contribution is 5.99. The van der Waals surface area contributed by atoms with Crippen molar-refractivity contribution in [3.8, 4) is 0 Å². The molecule has 0 saturated heterocycles. The molecule has 1 aromatic rings. The van der Waals surface area contributed by atoms with Gasteiger partial charge >= 0.3 is 0 Å². The van der Waals surface area contributed by atoms with Crippen molar-refractivity contribution in [2.75, 3.05) is 5.73 Å². The molecule has 0 heterocycles. The number of rotatable bonds is 4. The molecule has 0 aromatic heterocycles. The standard InChI is InChI=1S/C14H19N3O2/c1-8-11(4-3-5-12(8)15)14(19)16-9(2)13(18)17-10-6-7-10/h3-5,9-10H,6-7,15H2,1-2H3,(H,16,19)(H,17,18). The summed E-state index contributed by atoms with van der Waals surface area (Å²) in [6.07, 6.45) is 2.06. The maximum absolute atomic E-state index is 12.1. The van der Waals surface area contributed by atoms with E-state index < -0.39 is 6.04 Å². The second kappa shape index (κ2) is 5.30. The average Bonchev–Trinajstić information content (AvgIpc) is 3.16. The number of carbonyl (C=O) groups excluding carboxylic acids is 2. The highest BCUT2D eigenvalue weighted by Gasteiger charge is 2.26. The minimum absolute atomic E-state index is 0.141. The lowest BCUT2D eigenvalue weighted by Gasteiger charge is -2.15. The number of nitrogen functional groups attached to an aromatic ring is 1. The molecule has 2 amide bonds. The van der Waals surface area contributed by atoms with Gasteiger partial charge in [-0.1, -0.05) is 6.07 Å². The van der Waals surface area contributed by atoms with Crippen LogP contribution in [-0.4, -0.2) is 23.9 Å². The number of nitrogens with one attached hydrogen (secondary N) is 2. The monoisotopic (exact) mass is 261 g/mol. The van der Waals surface area contributed by atoms with E-state index in [1.54, 1.807) is 32.0 Å². The molecular weight excluding hydrogens is 242 g/mol. The van der Waals surface area contributed by atoms with E-state index in [0.29, 0.717) is 17.3 Å². The molecule has 0 aliphatic heterocycles. The lowest BCUT2D eigenvalue weighted by Crippen LogP contribution is -2.45. The Bertz CT molecular complexity index is 509. The van der Waals surface area contributed by atoms with Crippen LogP contribution in [0.5, 0.6) is 0 Å². The maximum atomic E-state index is 12.1. The van der Waals surface area contributed by atoms with Crippen LogP contribution in [-0.2, 0) is 4.79 Å². The molecule has 2 rings (SSSR count). The van der Waals surface area contributed by atoms with Gasteiger partial charge in [0.15, 0.2) is 0 Å². The fourth-order valence-corrected chi connectivity index (χ4v) is 1.79. The zero-order valence-electron chi connectivity index (χ0n) is 11.2. The lowest BCUT2D eigenvalue weighted by molar-refractivity contribution is -0.122. The Morgan fingerprint density at radius 2 is 2.05 bits per heavy atom. The van der Waals surface area contributed by atoms with Crippen molar-refractivity contribution in [3.63, 3.8) is 0 Å². The van der Waals surface area contributed by atoms with E-state index in [1.807, 2.05) is 0 Å². The minimum Gasteiger partial charge on any atom is -0.398 e. The predicted molar refractivity (Wildman–Crippen MR) is 73.7 cm³/mol. The summed E-state index contributed by atoms with van der Waals surface area (Å²) in [6, 6.07) is 4.92. The average molecular weight is 261 g/mol. The van der Waals surface area contributed by atoms with Crippen LogP contribution in [0.2, 0.25) is 0 Å². The quantitative estimate of drug-likeness (QED) is 0.706. The zero-order valence-corrected chi connectivity index (χ0v) is 11.2. The first-order valence-electron chi connectivity index (χ1n) is 6.45. The molecule has 5 heteroatoms. The van der Waals surface area contributed by atoms with E-state index >= 15 is 0 Å². The van der Waals surface area contributed by atoms with E-state index in [4.69, 9.17) is 5.73 Å². The molecule has 102 valence electrons. The first kappa shape index (κ1) is 13.4. The Labute approximate surface area is 112 Å². The van der Waals surface area contributed by atoms with Crippen molar-refractivity contribution in [3.05, 3.63) is 29.3 Å². The highest BCUT2D eigenvalue weighted by Crippen LogP contribution is 2.19. The van der Waals surface area contributed by atoms with Gasteiger partial charge in [-0.25, -0.2) is 0 Å². The number of nitrogens with two attached hydrogens (primary N) is 1. The Hall–Kier alpha value is -2.04. The van der Waals surface area contributed by atoms with Gasteiger partial charge in [0, 0.05) is 17.3 Å². The second-order valence-corrected chi connectivity index (χ2v) is 5.00. The minimum atomic E-state index is -0.547. The fourth-order valence-electron chi connectivity index (χ4n) is 1.79. The Morgan fingerprint density at radius 3 is 2.68 bits per heavy atom. The Morgan fingerprint density at radius 1 is 1.37 bits per heavy atom. The summed E-state index contributed by atoms with van der Waals surface area (Å²) < 4.78 is 0. The van der Waals surface area contributed by atoms with Crippen LogP contribution in [0.3, 0.4) is 0 Å². The van der Waals surface area contributed by atoms with Crippen LogP contribution in [0.25, 0.3) is 0 Å². The summed E-state index contributed by atoms with van der Waals surface area (Å²) in [5, 5.41) is 5.55. The van der Waals surface area contributed by atoms with Gasteiger partial charge in [-0.2, -0.15) is 0 Å². The van der Waals surface area contributed by atoms with Crippen molar-refractivity contribution >= 4 is 17.5 Å². The lowest BCUT2D eigenvalue weighted by atomic mass is 10.1. The van der Waals surface area contributed by atoms with Gasteiger partial charge in [0.25, 0.3) is 5.91 Å². The molecule has 0 spiro atoms. The van der Waals surface area contributed by atoms with Gasteiger partial charge in [-0.15, -0.1) is 0 Å². The van der Waals surface area contributed by atoms with Crippen molar-refractivity contribution in [2.24, 2.45) is 0 Å².